The summed E-state index contributed by atoms with van der Waals surface area (Å²) in [5.74, 6) is 1.15. The van der Waals surface area contributed by atoms with Gasteiger partial charge in [0.05, 0.1) is 0 Å². The van der Waals surface area contributed by atoms with Crippen LogP contribution in [0.4, 0.5) is 0 Å². The summed E-state index contributed by atoms with van der Waals surface area (Å²) < 4.78 is 0. The Morgan fingerprint density at radius 1 is 1.30 bits per heavy atom. The first-order chi connectivity index (χ1) is 9.54. The monoisotopic (exact) mass is 274 g/mol. The molecule has 110 valence electrons. The van der Waals surface area contributed by atoms with Crippen LogP contribution in [-0.4, -0.2) is 29.9 Å². The Labute approximate surface area is 122 Å². The number of hydrogen-bond donors (Lipinski definition) is 1. The van der Waals surface area contributed by atoms with Gasteiger partial charge >= 0.3 is 0 Å². The summed E-state index contributed by atoms with van der Waals surface area (Å²) in [6.45, 7) is 5.75. The van der Waals surface area contributed by atoms with Crippen molar-refractivity contribution < 1.29 is 4.79 Å². The summed E-state index contributed by atoms with van der Waals surface area (Å²) in [7, 11) is 0. The van der Waals surface area contributed by atoms with Gasteiger partial charge in [-0.2, -0.15) is 0 Å². The molecule has 0 spiro atoms. The zero-order valence-electron chi connectivity index (χ0n) is 12.6. The Balaban J connectivity index is 1.96. The van der Waals surface area contributed by atoms with Crippen LogP contribution in [0.3, 0.4) is 0 Å². The Hall–Kier alpha value is -1.35. The average Bonchev–Trinajstić information content (AvgIpc) is 2.38. The molecule has 1 saturated heterocycles. The quantitative estimate of drug-likeness (QED) is 0.916. The third-order valence-electron chi connectivity index (χ3n) is 3.87. The van der Waals surface area contributed by atoms with E-state index in [4.69, 9.17) is 5.73 Å². The van der Waals surface area contributed by atoms with Crippen LogP contribution in [0.15, 0.2) is 30.3 Å². The van der Waals surface area contributed by atoms with Crippen LogP contribution in [0.5, 0.6) is 0 Å². The molecule has 20 heavy (non-hydrogen) atoms. The van der Waals surface area contributed by atoms with E-state index in [1.165, 1.54) is 5.56 Å². The van der Waals surface area contributed by atoms with Crippen LogP contribution in [0.2, 0.25) is 0 Å². The molecule has 0 bridgehead atoms. The summed E-state index contributed by atoms with van der Waals surface area (Å²) in [6, 6.07) is 10.6. The van der Waals surface area contributed by atoms with Crippen LogP contribution in [0.1, 0.15) is 32.3 Å². The van der Waals surface area contributed by atoms with Crippen molar-refractivity contribution in [3.8, 4) is 0 Å². The maximum atomic E-state index is 12.2. The minimum atomic E-state index is 0.119. The Morgan fingerprint density at radius 2 is 2.00 bits per heavy atom. The lowest BCUT2D eigenvalue weighted by molar-refractivity contribution is -0.134. The van der Waals surface area contributed by atoms with Gasteiger partial charge in [0.1, 0.15) is 0 Å². The number of piperidine rings is 1. The molecule has 2 rings (SSSR count). The lowest BCUT2D eigenvalue weighted by Gasteiger charge is -2.37. The van der Waals surface area contributed by atoms with Crippen molar-refractivity contribution in [1.29, 1.82) is 0 Å². The second-order valence-electron chi connectivity index (χ2n) is 6.45. The predicted octanol–water partition coefficient (Wildman–Crippen LogP) is 2.45. The number of rotatable bonds is 4. The zero-order valence-corrected chi connectivity index (χ0v) is 12.6. The average molecular weight is 274 g/mol. The molecule has 3 heteroatoms. The molecular formula is C17H26N2O. The van der Waals surface area contributed by atoms with Crippen LogP contribution < -0.4 is 5.73 Å². The van der Waals surface area contributed by atoms with E-state index < -0.39 is 0 Å². The van der Waals surface area contributed by atoms with Gasteiger partial charge in [-0.3, -0.25) is 4.79 Å². The largest absolute Gasteiger partial charge is 0.341 e. The molecule has 0 saturated carbocycles. The van der Waals surface area contributed by atoms with E-state index >= 15 is 0 Å². The number of carbonyl (C=O) groups is 1. The fourth-order valence-corrected chi connectivity index (χ4v) is 3.02. The summed E-state index contributed by atoms with van der Waals surface area (Å²) in [5, 5.41) is 0. The SMILES string of the molecule is CC(C)CC(=O)N1CC(N)CC(Cc2ccccc2)C1. The van der Waals surface area contributed by atoms with E-state index in [1.807, 2.05) is 11.0 Å². The van der Waals surface area contributed by atoms with Crippen molar-refractivity contribution in [3.05, 3.63) is 35.9 Å². The van der Waals surface area contributed by atoms with Crippen molar-refractivity contribution in [2.24, 2.45) is 17.6 Å². The highest BCUT2D eigenvalue weighted by molar-refractivity contribution is 5.76. The Morgan fingerprint density at radius 3 is 2.65 bits per heavy atom. The van der Waals surface area contributed by atoms with Gasteiger partial charge in [-0.25, -0.2) is 0 Å². The summed E-state index contributed by atoms with van der Waals surface area (Å²) in [6.07, 6.45) is 2.66. The number of likely N-dealkylation sites (tertiary alicyclic amines) is 1. The number of carbonyl (C=O) groups excluding carboxylic acids is 1. The maximum absolute atomic E-state index is 12.2. The van der Waals surface area contributed by atoms with Crippen molar-refractivity contribution in [3.63, 3.8) is 0 Å². The van der Waals surface area contributed by atoms with E-state index in [-0.39, 0.29) is 11.9 Å². The standard InChI is InChI=1S/C17H26N2O/c1-13(2)8-17(20)19-11-15(10-16(18)12-19)9-14-6-4-3-5-7-14/h3-7,13,15-16H,8-12,18H2,1-2H3. The molecule has 1 heterocycles. The summed E-state index contributed by atoms with van der Waals surface area (Å²) in [5.41, 5.74) is 7.48. The molecule has 0 aromatic heterocycles. The van der Waals surface area contributed by atoms with Crippen molar-refractivity contribution in [2.45, 2.75) is 39.2 Å². The van der Waals surface area contributed by atoms with Gasteiger partial charge in [-0.1, -0.05) is 44.2 Å². The molecule has 1 aromatic carbocycles. The van der Waals surface area contributed by atoms with Crippen molar-refractivity contribution in [1.82, 2.24) is 4.90 Å². The predicted molar refractivity (Wildman–Crippen MR) is 82.3 cm³/mol. The molecule has 1 fully saturated rings. The lowest BCUT2D eigenvalue weighted by atomic mass is 9.88. The second-order valence-corrected chi connectivity index (χ2v) is 6.45. The fraction of sp³-hybridized carbons (Fsp3) is 0.588. The van der Waals surface area contributed by atoms with E-state index in [0.717, 1.165) is 25.9 Å². The number of amides is 1. The first-order valence-corrected chi connectivity index (χ1v) is 7.62. The molecule has 1 aliphatic rings. The molecule has 3 nitrogen and oxygen atoms in total. The molecular weight excluding hydrogens is 248 g/mol. The van der Waals surface area contributed by atoms with Gasteiger partial charge in [0, 0.05) is 25.6 Å². The van der Waals surface area contributed by atoms with Crippen LogP contribution in [0, 0.1) is 11.8 Å². The zero-order chi connectivity index (χ0) is 14.5. The molecule has 1 aromatic rings. The third kappa shape index (κ3) is 4.34. The Kier molecular flexibility index (Phi) is 5.18. The minimum absolute atomic E-state index is 0.119. The molecule has 1 amide bonds. The van der Waals surface area contributed by atoms with Gasteiger partial charge in [0.2, 0.25) is 5.91 Å². The maximum Gasteiger partial charge on any atom is 0.222 e. The fourth-order valence-electron chi connectivity index (χ4n) is 3.02. The normalized spacial score (nSPS) is 23.1. The second kappa shape index (κ2) is 6.89. The molecule has 0 radical (unpaired) electrons. The van der Waals surface area contributed by atoms with Crippen LogP contribution in [-0.2, 0) is 11.2 Å². The molecule has 2 atom stereocenters. The number of nitrogens with two attached hydrogens (primary N) is 1. The van der Waals surface area contributed by atoms with Gasteiger partial charge in [0.15, 0.2) is 0 Å². The minimum Gasteiger partial charge on any atom is -0.341 e. The highest BCUT2D eigenvalue weighted by Gasteiger charge is 2.28. The van der Waals surface area contributed by atoms with Gasteiger partial charge in [-0.15, -0.1) is 0 Å². The van der Waals surface area contributed by atoms with E-state index in [9.17, 15) is 4.79 Å². The van der Waals surface area contributed by atoms with E-state index in [1.54, 1.807) is 0 Å². The first-order valence-electron chi connectivity index (χ1n) is 7.62. The van der Waals surface area contributed by atoms with Gasteiger partial charge in [-0.05, 0) is 30.2 Å². The van der Waals surface area contributed by atoms with Crippen LogP contribution in [0.25, 0.3) is 0 Å². The summed E-state index contributed by atoms with van der Waals surface area (Å²) >= 11 is 0. The number of benzene rings is 1. The number of hydrogen-bond acceptors (Lipinski definition) is 2. The molecule has 2 N–H and O–H groups in total. The highest BCUT2D eigenvalue weighted by atomic mass is 16.2. The molecule has 2 unspecified atom stereocenters. The van der Waals surface area contributed by atoms with E-state index in [0.29, 0.717) is 18.3 Å². The highest BCUT2D eigenvalue weighted by Crippen LogP contribution is 2.21. The molecule has 1 aliphatic heterocycles. The smallest absolute Gasteiger partial charge is 0.222 e. The van der Waals surface area contributed by atoms with Crippen LogP contribution >= 0.6 is 0 Å². The van der Waals surface area contributed by atoms with E-state index in [2.05, 4.69) is 38.1 Å². The van der Waals surface area contributed by atoms with Crippen molar-refractivity contribution in [2.75, 3.05) is 13.1 Å². The summed E-state index contributed by atoms with van der Waals surface area (Å²) in [4.78, 5) is 14.2. The Bertz CT molecular complexity index is 430. The molecule has 0 aliphatic carbocycles. The third-order valence-corrected chi connectivity index (χ3v) is 3.87. The number of nitrogens with zero attached hydrogens (tertiary/aromatic N) is 1. The first kappa shape index (κ1) is 15.0. The van der Waals surface area contributed by atoms with Gasteiger partial charge < -0.3 is 10.6 Å². The topological polar surface area (TPSA) is 46.3 Å². The van der Waals surface area contributed by atoms with Crippen molar-refractivity contribution >= 4 is 5.91 Å². The van der Waals surface area contributed by atoms with Gasteiger partial charge in [0.25, 0.3) is 0 Å². The lowest BCUT2D eigenvalue weighted by Crippen LogP contribution is -2.50.